The molecule has 0 saturated heterocycles. The molecule has 0 rings (SSSR count). The molecule has 0 bridgehead atoms. The van der Waals surface area contributed by atoms with Crippen molar-refractivity contribution in [3.8, 4) is 0 Å². The molecule has 0 unspecified atom stereocenters. The fourth-order valence-electron chi connectivity index (χ4n) is 0.328. The summed E-state index contributed by atoms with van der Waals surface area (Å²) in [6.07, 6.45) is 2.02. The highest BCUT2D eigenvalue weighted by Crippen LogP contribution is 1.89. The Kier molecular flexibility index (Phi) is 1.81. The number of rotatable bonds is 3. The van der Waals surface area contributed by atoms with E-state index in [9.17, 15) is 4.79 Å². The third-order valence-corrected chi connectivity index (χ3v) is 0.744. The summed E-state index contributed by atoms with van der Waals surface area (Å²) >= 11 is 0. The molecule has 0 radical (unpaired) electrons. The first-order valence-corrected chi connectivity index (χ1v) is 2.49. The van der Waals surface area contributed by atoms with Gasteiger partial charge in [0.15, 0.2) is 2.82 Å². The molecule has 0 fully saturated rings. The summed E-state index contributed by atoms with van der Waals surface area (Å²) in [5.74, 6) is -0.433. The maximum atomic E-state index is 10.5. The standard InChI is InChI=1S/C5H11NO/c1-2-3-4-5(6)7/h2-4H2,1H3,(H2,6,7)/i/hD2. The number of carbonyl (C=O) groups is 1. The number of nitrogens with two attached hydrogens (primary N) is 1. The molecule has 0 aromatic carbocycles. The van der Waals surface area contributed by atoms with E-state index in [2.05, 4.69) is 0 Å². The molecule has 2 nitrogen and oxygen atoms in total. The van der Waals surface area contributed by atoms with E-state index >= 15 is 0 Å². The highest BCUT2D eigenvalue weighted by atomic mass is 16.1. The molecule has 0 aromatic rings. The predicted octanol–water partition coefficient (Wildman–Crippen LogP) is 0.662. The normalized spacial score (nSPS) is 12.1. The fourth-order valence-corrected chi connectivity index (χ4v) is 0.328. The quantitative estimate of drug-likeness (QED) is 0.560. The summed E-state index contributed by atoms with van der Waals surface area (Å²) in [6, 6.07) is 0. The van der Waals surface area contributed by atoms with Crippen LogP contribution in [0.25, 0.3) is 0 Å². The van der Waals surface area contributed by atoms with E-state index in [0.29, 0.717) is 6.42 Å². The smallest absolute Gasteiger partial charge is 0.217 e. The van der Waals surface area contributed by atoms with Crippen LogP contribution in [0, 0.1) is 0 Å². The molecule has 0 saturated carbocycles. The molecule has 2 heteroatoms. The molecule has 0 aliphatic carbocycles. The van der Waals surface area contributed by atoms with Crippen molar-refractivity contribution < 1.29 is 7.62 Å². The van der Waals surface area contributed by atoms with Crippen LogP contribution >= 0.6 is 0 Å². The average molecular weight is 103 g/mol. The molecular formula is C5H11NO. The maximum Gasteiger partial charge on any atom is 0.217 e. The van der Waals surface area contributed by atoms with E-state index in [-0.39, 0.29) is 5.72 Å². The van der Waals surface area contributed by atoms with Gasteiger partial charge < -0.3 is 5.72 Å². The van der Waals surface area contributed by atoms with Crippen molar-refractivity contribution in [1.82, 2.24) is 0 Å². The van der Waals surface area contributed by atoms with Crippen molar-refractivity contribution in [3.63, 3.8) is 0 Å². The number of amides is 1. The lowest BCUT2D eigenvalue weighted by Gasteiger charge is -1.86. The van der Waals surface area contributed by atoms with Gasteiger partial charge in [-0.15, -0.1) is 0 Å². The summed E-state index contributed by atoms with van der Waals surface area (Å²) in [6.45, 7) is 1.96. The zero-order valence-corrected chi connectivity index (χ0v) is 4.48. The Morgan fingerprint density at radius 1 is 2.00 bits per heavy atom. The number of hydrogen-bond acceptors (Lipinski definition) is 1. The van der Waals surface area contributed by atoms with Gasteiger partial charge in [0.25, 0.3) is 0 Å². The Labute approximate surface area is 46.6 Å². The average Bonchev–Trinajstić information content (AvgIpc) is 1.82. The Bertz CT molecular complexity index is 95.0. The topological polar surface area (TPSA) is 43.1 Å². The predicted molar refractivity (Wildman–Crippen MR) is 28.7 cm³/mol. The molecule has 7 heavy (non-hydrogen) atoms. The van der Waals surface area contributed by atoms with E-state index < -0.39 is 5.91 Å². The minimum Gasteiger partial charge on any atom is -0.370 e. The molecule has 1 amide bonds. The second-order valence-corrected chi connectivity index (χ2v) is 1.50. The molecular weight excluding hydrogens is 90.1 g/mol. The zero-order valence-electron chi connectivity index (χ0n) is 6.48. The number of primary amides is 1. The lowest BCUT2D eigenvalue weighted by molar-refractivity contribution is -0.118. The Hall–Kier alpha value is -0.530. The van der Waals surface area contributed by atoms with Crippen molar-refractivity contribution in [3.05, 3.63) is 0 Å². The van der Waals surface area contributed by atoms with E-state index in [4.69, 9.17) is 2.82 Å². The van der Waals surface area contributed by atoms with Gasteiger partial charge in [-0.2, -0.15) is 0 Å². The second kappa shape index (κ2) is 3.65. The number of hydrogen-bond donors (Lipinski definition) is 1. The van der Waals surface area contributed by atoms with Gasteiger partial charge in [0, 0.05) is 6.42 Å². The van der Waals surface area contributed by atoms with Crippen molar-refractivity contribution in [2.24, 2.45) is 5.72 Å². The Morgan fingerprint density at radius 3 is 3.14 bits per heavy atom. The van der Waals surface area contributed by atoms with Gasteiger partial charge in [0.1, 0.15) is 0 Å². The largest absolute Gasteiger partial charge is 0.370 e. The SMILES string of the molecule is [2H]N([2H])C(=O)CCCC. The first-order valence-electron chi connectivity index (χ1n) is 3.38. The monoisotopic (exact) mass is 103 g/mol. The lowest BCUT2D eigenvalue weighted by atomic mass is 10.2. The van der Waals surface area contributed by atoms with Gasteiger partial charge in [0.05, 0.1) is 0 Å². The zero-order chi connectivity index (χ0) is 7.28. The Morgan fingerprint density at radius 2 is 2.71 bits per heavy atom. The van der Waals surface area contributed by atoms with E-state index in [1.54, 1.807) is 0 Å². The van der Waals surface area contributed by atoms with Crippen LogP contribution in [0.5, 0.6) is 0 Å². The van der Waals surface area contributed by atoms with Crippen molar-refractivity contribution in [1.29, 1.82) is 0 Å². The summed E-state index contributed by atoms with van der Waals surface area (Å²) in [7, 11) is 0. The summed E-state index contributed by atoms with van der Waals surface area (Å²) < 4.78 is 13.0. The molecule has 0 aliphatic rings. The van der Waals surface area contributed by atoms with Crippen molar-refractivity contribution in [2.45, 2.75) is 26.2 Å². The number of carbonyl (C=O) groups excluding carboxylic acids is 1. The first kappa shape index (κ1) is 3.47. The minimum absolute atomic E-state index is 0.135. The fraction of sp³-hybridized carbons (Fsp3) is 0.800. The molecule has 0 aliphatic heterocycles. The van der Waals surface area contributed by atoms with Crippen LogP contribution in [0.4, 0.5) is 0 Å². The molecule has 0 spiro atoms. The van der Waals surface area contributed by atoms with Crippen LogP contribution in [0.15, 0.2) is 0 Å². The van der Waals surface area contributed by atoms with Gasteiger partial charge in [-0.1, -0.05) is 13.3 Å². The Balaban J connectivity index is 3.28. The van der Waals surface area contributed by atoms with Gasteiger partial charge in [-0.3, -0.25) is 4.79 Å². The third-order valence-electron chi connectivity index (χ3n) is 0.744. The van der Waals surface area contributed by atoms with E-state index in [1.165, 1.54) is 0 Å². The molecule has 42 valence electrons. The summed E-state index contributed by atoms with van der Waals surface area (Å²) in [5, 5.41) is 0. The molecule has 0 aromatic heterocycles. The van der Waals surface area contributed by atoms with Gasteiger partial charge in [-0.05, 0) is 6.42 Å². The van der Waals surface area contributed by atoms with E-state index in [0.717, 1.165) is 12.8 Å². The highest BCUT2D eigenvalue weighted by Gasteiger charge is 1.88. The van der Waals surface area contributed by atoms with Crippen LogP contribution in [-0.4, -0.2) is 5.91 Å². The van der Waals surface area contributed by atoms with Crippen LogP contribution in [0.2, 0.25) is 2.82 Å². The van der Waals surface area contributed by atoms with Crippen LogP contribution in [0.3, 0.4) is 0 Å². The minimum atomic E-state index is -0.433. The van der Waals surface area contributed by atoms with Crippen LogP contribution in [-0.2, 0) is 4.79 Å². The maximum absolute atomic E-state index is 10.5. The second-order valence-electron chi connectivity index (χ2n) is 1.50. The third kappa shape index (κ3) is 5.47. The van der Waals surface area contributed by atoms with E-state index in [1.807, 2.05) is 6.92 Å². The molecule has 0 atom stereocenters. The first-order chi connectivity index (χ1) is 4.18. The molecule has 0 heterocycles. The van der Waals surface area contributed by atoms with Gasteiger partial charge in [0.2, 0.25) is 5.91 Å². The van der Waals surface area contributed by atoms with Crippen molar-refractivity contribution in [2.75, 3.05) is 0 Å². The van der Waals surface area contributed by atoms with Crippen LogP contribution < -0.4 is 5.72 Å². The van der Waals surface area contributed by atoms with Crippen LogP contribution in [0.1, 0.15) is 26.2 Å². The summed E-state index contributed by atoms with van der Waals surface area (Å²) in [4.78, 5) is 10.5. The van der Waals surface area contributed by atoms with Gasteiger partial charge in [-0.25, -0.2) is 0 Å². The molecule has 2 N–H and O–H groups in total. The lowest BCUT2D eigenvalue weighted by Crippen LogP contribution is -2.09. The van der Waals surface area contributed by atoms with Crippen molar-refractivity contribution >= 4 is 5.91 Å². The van der Waals surface area contributed by atoms with Gasteiger partial charge >= 0.3 is 0 Å². The highest BCUT2D eigenvalue weighted by molar-refractivity contribution is 5.73. The number of unbranched alkanes of at least 4 members (excludes halogenated alkanes) is 1. The summed E-state index contributed by atoms with van der Waals surface area (Å²) in [5.41, 5.74) is 0.135.